The number of nitriles is 1. The van der Waals surface area contributed by atoms with Crippen molar-refractivity contribution in [1.29, 1.82) is 5.26 Å². The summed E-state index contributed by atoms with van der Waals surface area (Å²) in [4.78, 5) is 0. The van der Waals surface area contributed by atoms with Crippen LogP contribution in [0, 0.1) is 11.3 Å². The summed E-state index contributed by atoms with van der Waals surface area (Å²) in [6.45, 7) is -0.636. The third kappa shape index (κ3) is 1.24. The molecule has 0 spiro atoms. The highest BCUT2D eigenvalue weighted by molar-refractivity contribution is 5.48. The van der Waals surface area contributed by atoms with Crippen molar-refractivity contribution in [1.82, 2.24) is 0 Å². The van der Waals surface area contributed by atoms with Crippen molar-refractivity contribution < 1.29 is 5.48 Å². The summed E-state index contributed by atoms with van der Waals surface area (Å²) in [6.07, 6.45) is 0. The summed E-state index contributed by atoms with van der Waals surface area (Å²) >= 11 is 0. The Bertz CT molecular complexity index is 427. The van der Waals surface area contributed by atoms with Gasteiger partial charge in [-0.15, -0.1) is 0 Å². The molecule has 0 heterocycles. The Labute approximate surface area is 65.8 Å². The van der Waals surface area contributed by atoms with E-state index in [2.05, 4.69) is 0 Å². The quantitative estimate of drug-likeness (QED) is 0.576. The SMILES string of the molecule is [2H]C([2H])=C([2H])c1ccc(C#N)cc1[2H]. The second-order valence-electron chi connectivity index (χ2n) is 1.73. The molecule has 1 rings (SSSR count). The van der Waals surface area contributed by atoms with Gasteiger partial charge in [-0.1, -0.05) is 24.7 Å². The molecule has 0 unspecified atom stereocenters. The van der Waals surface area contributed by atoms with Gasteiger partial charge in [-0.05, 0) is 17.7 Å². The van der Waals surface area contributed by atoms with Gasteiger partial charge in [0.15, 0.2) is 0 Å². The number of hydrogen-bond donors (Lipinski definition) is 0. The van der Waals surface area contributed by atoms with Gasteiger partial charge in [0, 0.05) is 0 Å². The fourth-order valence-corrected chi connectivity index (χ4v) is 0.572. The minimum atomic E-state index is -0.636. The lowest BCUT2D eigenvalue weighted by atomic mass is 10.1. The zero-order valence-electron chi connectivity index (χ0n) is 9.18. The minimum absolute atomic E-state index is 0.00829. The molecule has 0 aliphatic rings. The Kier molecular flexibility index (Phi) is 0.859. The number of rotatable bonds is 1. The molecule has 0 N–H and O–H groups in total. The van der Waals surface area contributed by atoms with Gasteiger partial charge in [0.2, 0.25) is 0 Å². The van der Waals surface area contributed by atoms with Gasteiger partial charge < -0.3 is 0 Å². The lowest BCUT2D eigenvalue weighted by molar-refractivity contribution is 1.48. The van der Waals surface area contributed by atoms with Crippen LogP contribution in [0.2, 0.25) is 0 Å². The van der Waals surface area contributed by atoms with Gasteiger partial charge >= 0.3 is 0 Å². The van der Waals surface area contributed by atoms with Crippen molar-refractivity contribution in [2.45, 2.75) is 0 Å². The molecule has 0 aliphatic carbocycles. The Morgan fingerprint density at radius 1 is 1.80 bits per heavy atom. The lowest BCUT2D eigenvalue weighted by Crippen LogP contribution is -1.73. The van der Waals surface area contributed by atoms with Gasteiger partial charge in [0.1, 0.15) is 0 Å². The van der Waals surface area contributed by atoms with E-state index in [9.17, 15) is 0 Å². The molecule has 1 aromatic rings. The third-order valence-corrected chi connectivity index (χ3v) is 1.08. The molecule has 0 amide bonds. The minimum Gasteiger partial charge on any atom is -0.192 e. The molecule has 0 aliphatic heterocycles. The zero-order valence-corrected chi connectivity index (χ0v) is 5.18. The molecule has 1 nitrogen and oxygen atoms in total. The fourth-order valence-electron chi connectivity index (χ4n) is 0.572. The maximum Gasteiger partial charge on any atom is 0.0991 e. The molecule has 0 aromatic heterocycles. The van der Waals surface area contributed by atoms with Crippen LogP contribution in [0.1, 0.15) is 16.6 Å². The Balaban J connectivity index is 3.28. The van der Waals surface area contributed by atoms with E-state index in [1.54, 1.807) is 0 Å². The highest BCUT2D eigenvalue weighted by atomic mass is 14.2. The van der Waals surface area contributed by atoms with E-state index in [1.807, 2.05) is 6.07 Å². The highest BCUT2D eigenvalue weighted by Crippen LogP contribution is 2.03. The third-order valence-electron chi connectivity index (χ3n) is 1.08. The van der Waals surface area contributed by atoms with Crippen LogP contribution in [-0.4, -0.2) is 0 Å². The van der Waals surface area contributed by atoms with E-state index >= 15 is 0 Å². The molecule has 0 fully saturated rings. The van der Waals surface area contributed by atoms with Crippen LogP contribution in [0.25, 0.3) is 6.05 Å². The molecule has 10 heavy (non-hydrogen) atoms. The van der Waals surface area contributed by atoms with Crippen molar-refractivity contribution in [2.24, 2.45) is 0 Å². The average Bonchev–Trinajstić information content (AvgIpc) is 2.16. The Morgan fingerprint density at radius 2 is 2.70 bits per heavy atom. The predicted octanol–water partition coefficient (Wildman–Crippen LogP) is 2.20. The van der Waals surface area contributed by atoms with E-state index in [0.717, 1.165) is 0 Å². The summed E-state index contributed by atoms with van der Waals surface area (Å²) < 4.78 is 28.7. The van der Waals surface area contributed by atoms with E-state index in [0.29, 0.717) is 5.56 Å². The molecular formula is C9H7N. The molecule has 0 saturated carbocycles. The van der Waals surface area contributed by atoms with E-state index in [4.69, 9.17) is 10.7 Å². The molecule has 0 atom stereocenters. The molecule has 0 saturated heterocycles. The van der Waals surface area contributed by atoms with Gasteiger partial charge in [-0.25, -0.2) is 0 Å². The van der Waals surface area contributed by atoms with E-state index in [1.165, 1.54) is 18.2 Å². The van der Waals surface area contributed by atoms with Crippen molar-refractivity contribution in [3.8, 4) is 6.07 Å². The topological polar surface area (TPSA) is 23.8 Å². The van der Waals surface area contributed by atoms with Crippen LogP contribution in [0.4, 0.5) is 0 Å². The largest absolute Gasteiger partial charge is 0.192 e. The Hall–Kier alpha value is -1.55. The first-order chi connectivity index (χ1) is 6.56. The maximum absolute atomic E-state index is 8.53. The van der Waals surface area contributed by atoms with Gasteiger partial charge in [0.25, 0.3) is 0 Å². The van der Waals surface area contributed by atoms with Crippen molar-refractivity contribution in [3.63, 3.8) is 0 Å². The second kappa shape index (κ2) is 2.84. The molecule has 0 bridgehead atoms. The normalized spacial score (nSPS) is 13.5. The summed E-state index contributed by atoms with van der Waals surface area (Å²) in [7, 11) is 0. The van der Waals surface area contributed by atoms with E-state index in [-0.39, 0.29) is 17.7 Å². The second-order valence-corrected chi connectivity index (χ2v) is 1.73. The van der Waals surface area contributed by atoms with Gasteiger partial charge in [-0.3, -0.25) is 0 Å². The summed E-state index contributed by atoms with van der Waals surface area (Å²) in [5, 5.41) is 8.53. The van der Waals surface area contributed by atoms with Crippen molar-refractivity contribution >= 4 is 6.05 Å². The molecule has 1 heteroatoms. The average molecular weight is 133 g/mol. The van der Waals surface area contributed by atoms with Crippen LogP contribution >= 0.6 is 0 Å². The van der Waals surface area contributed by atoms with Crippen LogP contribution < -0.4 is 0 Å². The highest BCUT2D eigenvalue weighted by Gasteiger charge is 1.86. The summed E-state index contributed by atoms with van der Waals surface area (Å²) in [6, 6.07) is 5.74. The standard InChI is InChI=1S/C9H7N/c1-2-8-3-5-9(7-10)6-4-8/h2-6H,1H2/i1D2,2D,3D. The fraction of sp³-hybridized carbons (Fsp3) is 0. The molecule has 48 valence electrons. The first kappa shape index (κ1) is 3.03. The van der Waals surface area contributed by atoms with Crippen molar-refractivity contribution in [2.75, 3.05) is 0 Å². The maximum atomic E-state index is 8.53. The number of hydrogen-bond acceptors (Lipinski definition) is 1. The van der Waals surface area contributed by atoms with Gasteiger partial charge in [-0.2, -0.15) is 5.26 Å². The number of nitrogens with zero attached hydrogens (tertiary/aromatic N) is 1. The van der Waals surface area contributed by atoms with Crippen LogP contribution in [0.15, 0.2) is 30.8 Å². The van der Waals surface area contributed by atoms with Crippen LogP contribution in [-0.2, 0) is 0 Å². The zero-order chi connectivity index (χ0) is 10.7. The van der Waals surface area contributed by atoms with Gasteiger partial charge in [0.05, 0.1) is 17.1 Å². The molecular weight excluding hydrogens is 122 g/mol. The lowest BCUT2D eigenvalue weighted by Gasteiger charge is -1.89. The summed E-state index contributed by atoms with van der Waals surface area (Å²) in [5.74, 6) is 0. The van der Waals surface area contributed by atoms with Crippen LogP contribution in [0.3, 0.4) is 0 Å². The molecule has 0 radical (unpaired) electrons. The van der Waals surface area contributed by atoms with Crippen LogP contribution in [0.5, 0.6) is 0 Å². The first-order valence-corrected chi connectivity index (χ1v) is 2.71. The first-order valence-electron chi connectivity index (χ1n) is 4.71. The smallest absolute Gasteiger partial charge is 0.0991 e. The summed E-state index contributed by atoms with van der Waals surface area (Å²) in [5.41, 5.74) is 0.534. The monoisotopic (exact) mass is 133 g/mol. The Morgan fingerprint density at radius 3 is 3.30 bits per heavy atom. The number of benzene rings is 1. The molecule has 1 aromatic carbocycles. The van der Waals surface area contributed by atoms with Crippen molar-refractivity contribution in [3.05, 3.63) is 41.9 Å². The van der Waals surface area contributed by atoms with E-state index < -0.39 is 6.53 Å². The predicted molar refractivity (Wildman–Crippen MR) is 41.2 cm³/mol.